The van der Waals surface area contributed by atoms with Crippen LogP contribution in [-0.4, -0.2) is 0 Å². The molecule has 88 valence electrons. The Hall–Kier alpha value is -1.34. The zero-order chi connectivity index (χ0) is 12.8. The van der Waals surface area contributed by atoms with Gasteiger partial charge in [-0.1, -0.05) is 59.5 Å². The molecule has 0 heterocycles. The second-order valence-corrected chi connectivity index (χ2v) is 4.86. The monoisotopic (exact) mass is 288 g/mol. The highest BCUT2D eigenvalue weighted by molar-refractivity contribution is 9.10. The number of hydrogen-bond acceptors (Lipinski definition) is 0. The highest BCUT2D eigenvalue weighted by atomic mass is 79.9. The Bertz CT molecular complexity index is 490. The molecule has 0 nitrogen and oxygen atoms in total. The van der Waals surface area contributed by atoms with Crippen molar-refractivity contribution in [3.05, 3.63) is 76.3 Å². The highest BCUT2D eigenvalue weighted by Gasteiger charge is 1.98. The smallest absolute Gasteiger partial charge is 0.0178 e. The summed E-state index contributed by atoms with van der Waals surface area (Å²) in [5.74, 6) is 0. The van der Waals surface area contributed by atoms with Crippen LogP contribution in [0.5, 0.6) is 0 Å². The molecule has 0 aromatic heterocycles. The normalized spacial score (nSPS) is 11.8. The van der Waals surface area contributed by atoms with Crippen LogP contribution in [0, 0.1) is 6.92 Å². The predicted molar refractivity (Wildman–Crippen MR) is 81.0 cm³/mol. The molecule has 0 aliphatic heterocycles. The minimum absolute atomic E-state index is 1.01. The van der Waals surface area contributed by atoms with E-state index in [9.17, 15) is 0 Å². The van der Waals surface area contributed by atoms with Gasteiger partial charge in [0.1, 0.15) is 0 Å². The van der Waals surface area contributed by atoms with Crippen LogP contribution >= 0.6 is 15.9 Å². The molecule has 0 radical (unpaired) electrons. The third kappa shape index (κ3) is 4.20. The van der Waals surface area contributed by atoms with Crippen LogP contribution in [0.2, 0.25) is 0 Å². The fourth-order valence-corrected chi connectivity index (χ4v) is 1.92. The number of halogens is 1. The van der Waals surface area contributed by atoms with Crippen LogP contribution in [-0.2, 0) is 0 Å². The van der Waals surface area contributed by atoms with E-state index in [1.165, 1.54) is 11.1 Å². The van der Waals surface area contributed by atoms with Gasteiger partial charge in [0.25, 0.3) is 0 Å². The summed E-state index contributed by atoms with van der Waals surface area (Å²) >= 11 is 3.47. The minimum Gasteiger partial charge on any atom is -0.0991 e. The third-order valence-corrected chi connectivity index (χ3v) is 3.04. The Labute approximate surface area is 112 Å². The van der Waals surface area contributed by atoms with Gasteiger partial charge < -0.3 is 0 Å². The van der Waals surface area contributed by atoms with Crippen molar-refractivity contribution in [2.24, 2.45) is 0 Å². The first-order valence-corrected chi connectivity index (χ1v) is 6.26. The van der Waals surface area contributed by atoms with Gasteiger partial charge in [-0.25, -0.2) is 0 Å². The molecule has 1 aromatic carbocycles. The van der Waals surface area contributed by atoms with E-state index in [2.05, 4.69) is 67.2 Å². The first-order valence-electron chi connectivity index (χ1n) is 5.47. The van der Waals surface area contributed by atoms with Crippen LogP contribution in [0.3, 0.4) is 0 Å². The van der Waals surface area contributed by atoms with Gasteiger partial charge >= 0.3 is 0 Å². The molecule has 17 heavy (non-hydrogen) atoms. The molecule has 0 aliphatic rings. The summed E-state index contributed by atoms with van der Waals surface area (Å²) in [4.78, 5) is 0. The van der Waals surface area contributed by atoms with Crippen LogP contribution in [0.25, 0.3) is 6.08 Å². The first kappa shape index (κ1) is 13.7. The summed E-state index contributed by atoms with van der Waals surface area (Å²) in [5, 5.41) is 0. The fourth-order valence-electron chi connectivity index (χ4n) is 1.44. The summed E-state index contributed by atoms with van der Waals surface area (Å²) in [7, 11) is 0. The molecule has 0 N–H and O–H groups in total. The van der Waals surface area contributed by atoms with Gasteiger partial charge in [0, 0.05) is 4.47 Å². The quantitative estimate of drug-likeness (QED) is 0.646. The SMILES string of the molecule is C=C/C=C\C(=C)/C(C)=C/c1ccc(Br)cc1C. The molecule has 0 unspecified atom stereocenters. The van der Waals surface area contributed by atoms with E-state index in [4.69, 9.17) is 0 Å². The van der Waals surface area contributed by atoms with E-state index >= 15 is 0 Å². The molecular weight excluding hydrogens is 272 g/mol. The van der Waals surface area contributed by atoms with Crippen LogP contribution in [0.4, 0.5) is 0 Å². The van der Waals surface area contributed by atoms with Gasteiger partial charge in [-0.2, -0.15) is 0 Å². The van der Waals surface area contributed by atoms with Crippen molar-refractivity contribution >= 4 is 22.0 Å². The lowest BCUT2D eigenvalue weighted by Gasteiger charge is -2.04. The van der Waals surface area contributed by atoms with E-state index in [-0.39, 0.29) is 0 Å². The Morgan fingerprint density at radius 3 is 2.65 bits per heavy atom. The van der Waals surface area contributed by atoms with Gasteiger partial charge in [-0.05, 0) is 48.3 Å². The molecule has 0 saturated carbocycles. The van der Waals surface area contributed by atoms with Crippen LogP contribution in [0.1, 0.15) is 18.1 Å². The third-order valence-electron chi connectivity index (χ3n) is 2.54. The maximum atomic E-state index is 4.02. The zero-order valence-electron chi connectivity index (χ0n) is 10.3. The molecule has 1 aromatic rings. The lowest BCUT2D eigenvalue weighted by atomic mass is 10.0. The number of rotatable bonds is 4. The Kier molecular flexibility index (Phi) is 5.17. The molecule has 1 rings (SSSR count). The minimum atomic E-state index is 1.01. The number of benzene rings is 1. The lowest BCUT2D eigenvalue weighted by molar-refractivity contribution is 1.40. The average molecular weight is 289 g/mol. The van der Waals surface area contributed by atoms with E-state index in [1.807, 2.05) is 12.2 Å². The summed E-state index contributed by atoms with van der Waals surface area (Å²) in [6, 6.07) is 6.27. The van der Waals surface area contributed by atoms with Gasteiger partial charge in [0.2, 0.25) is 0 Å². The van der Waals surface area contributed by atoms with Gasteiger partial charge in [-0.15, -0.1) is 0 Å². The number of allylic oxidation sites excluding steroid dienone is 5. The van der Waals surface area contributed by atoms with Crippen molar-refractivity contribution in [1.29, 1.82) is 0 Å². The zero-order valence-corrected chi connectivity index (χ0v) is 11.9. The Morgan fingerprint density at radius 2 is 2.06 bits per heavy atom. The van der Waals surface area contributed by atoms with E-state index in [0.29, 0.717) is 0 Å². The molecule has 1 heteroatoms. The maximum Gasteiger partial charge on any atom is 0.0178 e. The van der Waals surface area contributed by atoms with E-state index in [0.717, 1.165) is 15.6 Å². The van der Waals surface area contributed by atoms with Gasteiger partial charge in [0.15, 0.2) is 0 Å². The van der Waals surface area contributed by atoms with Gasteiger partial charge in [0.05, 0.1) is 0 Å². The summed E-state index contributed by atoms with van der Waals surface area (Å²) in [6.07, 6.45) is 7.77. The summed E-state index contributed by atoms with van der Waals surface area (Å²) in [5.41, 5.74) is 4.64. The van der Waals surface area contributed by atoms with Crippen molar-refractivity contribution in [1.82, 2.24) is 0 Å². The van der Waals surface area contributed by atoms with E-state index < -0.39 is 0 Å². The molecule has 0 aliphatic carbocycles. The molecule has 0 fully saturated rings. The number of aryl methyl sites for hydroxylation is 1. The maximum absolute atomic E-state index is 4.02. The lowest BCUT2D eigenvalue weighted by Crippen LogP contribution is -1.84. The van der Waals surface area contributed by atoms with Crippen molar-refractivity contribution in [3.63, 3.8) is 0 Å². The second-order valence-electron chi connectivity index (χ2n) is 3.95. The van der Waals surface area contributed by atoms with E-state index in [1.54, 1.807) is 6.08 Å². The Balaban J connectivity index is 2.98. The summed E-state index contributed by atoms with van der Waals surface area (Å²) < 4.78 is 1.11. The van der Waals surface area contributed by atoms with Crippen LogP contribution < -0.4 is 0 Å². The molecule has 0 bridgehead atoms. The molecule has 0 spiro atoms. The molecule has 0 atom stereocenters. The highest BCUT2D eigenvalue weighted by Crippen LogP contribution is 2.20. The standard InChI is InChI=1S/C16H17Br/c1-5-6-7-12(2)13(3)10-15-8-9-16(17)11-14(15)4/h5-11H,1-2H2,3-4H3/b7-6-,13-10+. The first-order chi connectivity index (χ1) is 8.04. The van der Waals surface area contributed by atoms with Gasteiger partial charge in [-0.3, -0.25) is 0 Å². The molecule has 0 amide bonds. The number of hydrogen-bond donors (Lipinski definition) is 0. The Morgan fingerprint density at radius 1 is 1.35 bits per heavy atom. The van der Waals surface area contributed by atoms with Crippen molar-refractivity contribution < 1.29 is 0 Å². The van der Waals surface area contributed by atoms with Crippen molar-refractivity contribution in [2.45, 2.75) is 13.8 Å². The topological polar surface area (TPSA) is 0 Å². The summed E-state index contributed by atoms with van der Waals surface area (Å²) in [6.45, 7) is 11.8. The molecule has 0 saturated heterocycles. The molecular formula is C16H17Br. The fraction of sp³-hybridized carbons (Fsp3) is 0.125. The predicted octanol–water partition coefficient (Wildman–Crippen LogP) is 5.46. The second kappa shape index (κ2) is 6.41. The average Bonchev–Trinajstić information content (AvgIpc) is 2.29. The van der Waals surface area contributed by atoms with Crippen molar-refractivity contribution in [3.8, 4) is 0 Å². The van der Waals surface area contributed by atoms with Crippen LogP contribution in [0.15, 0.2) is 65.2 Å². The van der Waals surface area contributed by atoms with Crippen molar-refractivity contribution in [2.75, 3.05) is 0 Å². The largest absolute Gasteiger partial charge is 0.0991 e.